The van der Waals surface area contributed by atoms with Crippen LogP contribution in [0.3, 0.4) is 0 Å². The van der Waals surface area contributed by atoms with Crippen LogP contribution in [-0.2, 0) is 17.1 Å². The fourth-order valence-electron chi connectivity index (χ4n) is 5.30. The predicted molar refractivity (Wildman–Crippen MR) is 157 cm³/mol. The zero-order valence-electron chi connectivity index (χ0n) is 24.7. The van der Waals surface area contributed by atoms with E-state index in [0.717, 1.165) is 13.0 Å². The van der Waals surface area contributed by atoms with Crippen molar-refractivity contribution in [1.29, 1.82) is 0 Å². The number of aromatic nitrogens is 2. The highest BCUT2D eigenvalue weighted by molar-refractivity contribution is 5.99. The molecule has 4 rings (SSSR count). The van der Waals surface area contributed by atoms with Gasteiger partial charge in [-0.25, -0.2) is 18.0 Å². The van der Waals surface area contributed by atoms with Gasteiger partial charge >= 0.3 is 12.1 Å². The summed E-state index contributed by atoms with van der Waals surface area (Å²) in [7, 11) is 0. The molecule has 0 fully saturated rings. The number of anilines is 1. The Bertz CT molecular complexity index is 1730. The van der Waals surface area contributed by atoms with Crippen molar-refractivity contribution in [1.82, 2.24) is 15.3 Å². The first-order chi connectivity index (χ1) is 21.0. The van der Waals surface area contributed by atoms with Gasteiger partial charge < -0.3 is 15.7 Å². The summed E-state index contributed by atoms with van der Waals surface area (Å²) in [5.74, 6) is -6.87. The van der Waals surface area contributed by atoms with E-state index in [2.05, 4.69) is 20.6 Å². The van der Waals surface area contributed by atoms with Gasteiger partial charge in [0.1, 0.15) is 17.9 Å². The van der Waals surface area contributed by atoms with Crippen LogP contribution in [0.25, 0.3) is 22.2 Å². The third kappa shape index (κ3) is 7.18. The molecule has 4 aromatic rings. The standard InChI is InChI=1S/C32H30F6N4O3/c1-5-24(32(36,37)38)41-19-13-17(3)25(22(33)15-19)29(43)42-23(30(44)45)14-18-8-9-21(27-20(18)7-6-11-39-27)28-26(31(4,34)35)16(2)10-12-40-28/h6-13,15,23-24,41H,5,14H2,1-4H3,(H,42,43)(H,44,45)/t23-,24+/m0/s1. The molecule has 0 saturated carbocycles. The number of rotatable bonds is 10. The normalized spacial score (nSPS) is 13.4. The molecule has 3 N–H and O–H groups in total. The van der Waals surface area contributed by atoms with Crippen molar-refractivity contribution in [2.24, 2.45) is 0 Å². The van der Waals surface area contributed by atoms with Gasteiger partial charge in [-0.05, 0) is 61.2 Å². The zero-order valence-corrected chi connectivity index (χ0v) is 24.7. The minimum atomic E-state index is -4.58. The highest BCUT2D eigenvalue weighted by Crippen LogP contribution is 2.39. The minimum Gasteiger partial charge on any atom is -0.480 e. The van der Waals surface area contributed by atoms with Crippen molar-refractivity contribution in [3.05, 3.63) is 88.5 Å². The smallest absolute Gasteiger partial charge is 0.408 e. The number of carbonyl (C=O) groups excluding carboxylic acids is 1. The van der Waals surface area contributed by atoms with E-state index in [4.69, 9.17) is 0 Å². The molecule has 2 aromatic heterocycles. The number of carbonyl (C=O) groups is 2. The SMILES string of the molecule is CC[C@@H](Nc1cc(C)c(C(=O)N[C@@H](Cc2ccc(-c3nccc(C)c3C(C)(F)F)c3ncccc23)C(=O)O)c(F)c1)C(F)(F)F. The first-order valence-electron chi connectivity index (χ1n) is 13.9. The van der Waals surface area contributed by atoms with Gasteiger partial charge in [0.15, 0.2) is 0 Å². The lowest BCUT2D eigenvalue weighted by Gasteiger charge is -2.22. The quantitative estimate of drug-likeness (QED) is 0.158. The second-order valence-electron chi connectivity index (χ2n) is 10.8. The largest absolute Gasteiger partial charge is 0.480 e. The van der Waals surface area contributed by atoms with E-state index in [0.29, 0.717) is 22.1 Å². The van der Waals surface area contributed by atoms with Crippen molar-refractivity contribution in [3.63, 3.8) is 0 Å². The number of halogens is 6. The minimum absolute atomic E-state index is 0.00986. The van der Waals surface area contributed by atoms with Gasteiger partial charge in [-0.15, -0.1) is 0 Å². The van der Waals surface area contributed by atoms with Crippen molar-refractivity contribution in [2.75, 3.05) is 5.32 Å². The topological polar surface area (TPSA) is 104 Å². The van der Waals surface area contributed by atoms with Crippen LogP contribution < -0.4 is 10.6 Å². The molecule has 0 aliphatic heterocycles. The first-order valence-corrected chi connectivity index (χ1v) is 13.9. The molecule has 1 amide bonds. The molecule has 0 unspecified atom stereocenters. The van der Waals surface area contributed by atoms with Gasteiger partial charge in [0.05, 0.1) is 16.8 Å². The number of hydrogen-bond donors (Lipinski definition) is 3. The second-order valence-corrected chi connectivity index (χ2v) is 10.8. The number of alkyl halides is 5. The predicted octanol–water partition coefficient (Wildman–Crippen LogP) is 7.34. The van der Waals surface area contributed by atoms with Crippen LogP contribution in [0.15, 0.2) is 54.9 Å². The lowest BCUT2D eigenvalue weighted by atomic mass is 9.92. The number of benzene rings is 2. The average Bonchev–Trinajstić information content (AvgIpc) is 2.93. The summed E-state index contributed by atoms with van der Waals surface area (Å²) < 4.78 is 83.9. The van der Waals surface area contributed by atoms with Crippen LogP contribution in [0, 0.1) is 19.7 Å². The molecule has 0 spiro atoms. The molecule has 0 saturated heterocycles. The molecule has 2 atom stereocenters. The number of carboxylic acid groups (broad SMARTS) is 1. The van der Waals surface area contributed by atoms with Gasteiger partial charge in [0.25, 0.3) is 11.8 Å². The highest BCUT2D eigenvalue weighted by Gasteiger charge is 2.38. The van der Waals surface area contributed by atoms with Crippen LogP contribution >= 0.6 is 0 Å². The second kappa shape index (κ2) is 12.7. The van der Waals surface area contributed by atoms with Crippen LogP contribution in [0.5, 0.6) is 0 Å². The molecular weight excluding hydrogens is 602 g/mol. The summed E-state index contributed by atoms with van der Waals surface area (Å²) in [6.45, 7) is 4.94. The molecule has 0 radical (unpaired) electrons. The molecule has 2 heterocycles. The monoisotopic (exact) mass is 632 g/mol. The summed E-state index contributed by atoms with van der Waals surface area (Å²) >= 11 is 0. The van der Waals surface area contributed by atoms with Gasteiger partial charge in [0.2, 0.25) is 0 Å². The van der Waals surface area contributed by atoms with E-state index in [1.807, 2.05) is 0 Å². The van der Waals surface area contributed by atoms with Crippen molar-refractivity contribution >= 4 is 28.5 Å². The Morgan fingerprint density at radius 1 is 0.978 bits per heavy atom. The number of fused-ring (bicyclic) bond motifs is 1. The van der Waals surface area contributed by atoms with Crippen molar-refractivity contribution in [3.8, 4) is 11.3 Å². The third-order valence-corrected chi connectivity index (χ3v) is 7.40. The van der Waals surface area contributed by atoms with E-state index in [-0.39, 0.29) is 40.9 Å². The van der Waals surface area contributed by atoms with Crippen molar-refractivity contribution < 1.29 is 41.0 Å². The van der Waals surface area contributed by atoms with Crippen molar-refractivity contribution in [2.45, 2.75) is 64.7 Å². The number of nitrogens with one attached hydrogen (secondary N) is 2. The third-order valence-electron chi connectivity index (χ3n) is 7.40. The Morgan fingerprint density at radius 3 is 2.29 bits per heavy atom. The fourth-order valence-corrected chi connectivity index (χ4v) is 5.30. The highest BCUT2D eigenvalue weighted by atomic mass is 19.4. The number of nitrogens with zero attached hydrogens (tertiary/aromatic N) is 2. The van der Waals surface area contributed by atoms with Gasteiger partial charge in [-0.3, -0.25) is 14.8 Å². The number of carboxylic acids is 1. The van der Waals surface area contributed by atoms with Crippen LogP contribution in [-0.4, -0.2) is 45.2 Å². The van der Waals surface area contributed by atoms with E-state index in [1.54, 1.807) is 19.1 Å². The summed E-state index contributed by atoms with van der Waals surface area (Å²) in [5.41, 5.74) is 0.333. The lowest BCUT2D eigenvalue weighted by molar-refractivity contribution is -0.143. The van der Waals surface area contributed by atoms with E-state index in [1.165, 1.54) is 50.5 Å². The maximum absolute atomic E-state index is 15.1. The summed E-state index contributed by atoms with van der Waals surface area (Å²) in [6, 6.07) is 6.13. The summed E-state index contributed by atoms with van der Waals surface area (Å²) in [6.07, 6.45) is -2.33. The van der Waals surface area contributed by atoms with E-state index < -0.39 is 47.4 Å². The Hall–Kier alpha value is -4.68. The summed E-state index contributed by atoms with van der Waals surface area (Å²) in [4.78, 5) is 33.9. The Morgan fingerprint density at radius 2 is 1.69 bits per heavy atom. The number of pyridine rings is 2. The van der Waals surface area contributed by atoms with Crippen LogP contribution in [0.4, 0.5) is 32.0 Å². The average molecular weight is 633 g/mol. The van der Waals surface area contributed by atoms with Gasteiger partial charge in [-0.2, -0.15) is 13.2 Å². The number of hydrogen-bond acceptors (Lipinski definition) is 5. The number of aryl methyl sites for hydroxylation is 2. The maximum atomic E-state index is 15.1. The molecule has 0 aliphatic carbocycles. The molecule has 2 aromatic carbocycles. The Labute approximate surface area is 254 Å². The van der Waals surface area contributed by atoms with Crippen LogP contribution in [0.1, 0.15) is 52.9 Å². The Balaban J connectivity index is 1.66. The molecule has 0 bridgehead atoms. The van der Waals surface area contributed by atoms with Gasteiger partial charge in [0, 0.05) is 47.9 Å². The molecule has 7 nitrogen and oxygen atoms in total. The van der Waals surface area contributed by atoms with Gasteiger partial charge in [-0.1, -0.05) is 25.1 Å². The fraction of sp³-hybridized carbons (Fsp3) is 0.312. The first kappa shape index (κ1) is 33.2. The zero-order chi connectivity index (χ0) is 33.3. The van der Waals surface area contributed by atoms with E-state index >= 15 is 4.39 Å². The maximum Gasteiger partial charge on any atom is 0.408 e. The lowest BCUT2D eigenvalue weighted by Crippen LogP contribution is -2.43. The molecule has 238 valence electrons. The molecular formula is C32H30F6N4O3. The van der Waals surface area contributed by atoms with E-state index in [9.17, 15) is 36.6 Å². The number of amides is 1. The number of aliphatic carboxylic acids is 1. The summed E-state index contributed by atoms with van der Waals surface area (Å²) in [5, 5.41) is 14.9. The molecule has 0 aliphatic rings. The molecule has 13 heteroatoms. The Kier molecular flexibility index (Phi) is 9.40. The molecule has 45 heavy (non-hydrogen) atoms. The van der Waals surface area contributed by atoms with Crippen LogP contribution in [0.2, 0.25) is 0 Å².